The predicted octanol–water partition coefficient (Wildman–Crippen LogP) is 4.02. The van der Waals surface area contributed by atoms with Crippen molar-refractivity contribution in [1.82, 2.24) is 4.90 Å². The molecule has 1 saturated heterocycles. The highest BCUT2D eigenvalue weighted by Gasteiger charge is 2.31. The zero-order chi connectivity index (χ0) is 13.3. The van der Waals surface area contributed by atoms with Gasteiger partial charge in [-0.05, 0) is 46.3 Å². The van der Waals surface area contributed by atoms with Crippen molar-refractivity contribution in [3.05, 3.63) is 28.2 Å². The number of nitrogens with zero attached hydrogens (tertiary/aromatic N) is 1. The highest BCUT2D eigenvalue weighted by molar-refractivity contribution is 9.10. The zero-order valence-electron chi connectivity index (χ0n) is 11.4. The van der Waals surface area contributed by atoms with E-state index in [2.05, 4.69) is 41.6 Å². The van der Waals surface area contributed by atoms with Gasteiger partial charge in [0.05, 0.1) is 4.47 Å². The first-order chi connectivity index (χ1) is 8.38. The van der Waals surface area contributed by atoms with Crippen molar-refractivity contribution in [2.45, 2.75) is 33.7 Å². The number of benzene rings is 1. The lowest BCUT2D eigenvalue weighted by Gasteiger charge is -2.27. The van der Waals surface area contributed by atoms with Crippen LogP contribution in [0.5, 0.6) is 5.75 Å². The topological polar surface area (TPSA) is 23.5 Å². The number of hydrogen-bond donors (Lipinski definition) is 1. The maximum Gasteiger partial charge on any atom is 0.134 e. The van der Waals surface area contributed by atoms with Gasteiger partial charge in [-0.15, -0.1) is 0 Å². The predicted molar refractivity (Wildman–Crippen MR) is 78.6 cm³/mol. The van der Waals surface area contributed by atoms with Crippen LogP contribution in [0.4, 0.5) is 0 Å². The quantitative estimate of drug-likeness (QED) is 0.891. The normalized spacial score (nSPS) is 21.4. The summed E-state index contributed by atoms with van der Waals surface area (Å²) < 4.78 is 0.784. The SMILES string of the molecule is CC(C)(C)C1CCN(Cc2cccc(Br)c2O)C1. The van der Waals surface area contributed by atoms with E-state index in [1.54, 1.807) is 0 Å². The van der Waals surface area contributed by atoms with Crippen LogP contribution in [0.15, 0.2) is 22.7 Å². The molecule has 0 aliphatic carbocycles. The minimum Gasteiger partial charge on any atom is -0.506 e. The average Bonchev–Trinajstić information content (AvgIpc) is 2.73. The number of halogens is 1. The molecule has 1 aromatic rings. The summed E-state index contributed by atoms with van der Waals surface area (Å²) in [5.74, 6) is 1.14. The number of rotatable bonds is 2. The van der Waals surface area contributed by atoms with Crippen LogP contribution >= 0.6 is 15.9 Å². The molecule has 1 N–H and O–H groups in total. The van der Waals surface area contributed by atoms with Gasteiger partial charge >= 0.3 is 0 Å². The molecule has 100 valence electrons. The summed E-state index contributed by atoms with van der Waals surface area (Å²) in [5, 5.41) is 10.0. The first-order valence-corrected chi connectivity index (χ1v) is 7.36. The van der Waals surface area contributed by atoms with Gasteiger partial charge in [-0.25, -0.2) is 0 Å². The second kappa shape index (κ2) is 5.22. The minimum absolute atomic E-state index is 0.383. The maximum atomic E-state index is 10.0. The van der Waals surface area contributed by atoms with Gasteiger partial charge in [0.15, 0.2) is 0 Å². The van der Waals surface area contributed by atoms with Gasteiger partial charge in [0.1, 0.15) is 5.75 Å². The smallest absolute Gasteiger partial charge is 0.134 e. The van der Waals surface area contributed by atoms with Gasteiger partial charge in [-0.1, -0.05) is 32.9 Å². The Morgan fingerprint density at radius 3 is 2.72 bits per heavy atom. The van der Waals surface area contributed by atoms with Crippen LogP contribution in [0.1, 0.15) is 32.8 Å². The van der Waals surface area contributed by atoms with Crippen LogP contribution in [0.3, 0.4) is 0 Å². The molecule has 2 rings (SSSR count). The third-order valence-electron chi connectivity index (χ3n) is 3.96. The van der Waals surface area contributed by atoms with Crippen LogP contribution in [0.2, 0.25) is 0 Å². The molecule has 0 spiro atoms. The highest BCUT2D eigenvalue weighted by Crippen LogP contribution is 2.35. The molecular weight excluding hydrogens is 290 g/mol. The third kappa shape index (κ3) is 3.07. The van der Waals surface area contributed by atoms with E-state index in [9.17, 15) is 5.11 Å². The Kier molecular flexibility index (Phi) is 4.02. The number of hydrogen-bond acceptors (Lipinski definition) is 2. The van der Waals surface area contributed by atoms with E-state index in [-0.39, 0.29) is 0 Å². The lowest BCUT2D eigenvalue weighted by Crippen LogP contribution is -2.25. The molecule has 1 aliphatic rings. The molecule has 1 aromatic carbocycles. The molecule has 1 unspecified atom stereocenters. The van der Waals surface area contributed by atoms with E-state index in [4.69, 9.17) is 0 Å². The Balaban J connectivity index is 2.02. The molecule has 1 heterocycles. The fourth-order valence-corrected chi connectivity index (χ4v) is 3.02. The fraction of sp³-hybridized carbons (Fsp3) is 0.600. The molecule has 2 nitrogen and oxygen atoms in total. The minimum atomic E-state index is 0.383. The van der Waals surface area contributed by atoms with Gasteiger partial charge < -0.3 is 5.11 Å². The molecule has 0 radical (unpaired) electrons. The van der Waals surface area contributed by atoms with Gasteiger partial charge in [0.25, 0.3) is 0 Å². The highest BCUT2D eigenvalue weighted by atomic mass is 79.9. The lowest BCUT2D eigenvalue weighted by molar-refractivity contribution is 0.225. The summed E-state index contributed by atoms with van der Waals surface area (Å²) in [6.45, 7) is 10.1. The number of likely N-dealkylation sites (tertiary alicyclic amines) is 1. The Labute approximate surface area is 118 Å². The molecule has 0 bridgehead atoms. The van der Waals surface area contributed by atoms with E-state index < -0.39 is 0 Å². The monoisotopic (exact) mass is 311 g/mol. The molecule has 1 aliphatic heterocycles. The van der Waals surface area contributed by atoms with Crippen molar-refractivity contribution in [2.75, 3.05) is 13.1 Å². The number of aromatic hydroxyl groups is 1. The van der Waals surface area contributed by atoms with Crippen molar-refractivity contribution in [1.29, 1.82) is 0 Å². The molecular formula is C15H22BrNO. The van der Waals surface area contributed by atoms with E-state index in [1.165, 1.54) is 6.42 Å². The van der Waals surface area contributed by atoms with Crippen LogP contribution in [-0.2, 0) is 6.54 Å². The lowest BCUT2D eigenvalue weighted by atomic mass is 9.80. The summed E-state index contributed by atoms with van der Waals surface area (Å²) in [6.07, 6.45) is 1.26. The van der Waals surface area contributed by atoms with Crippen LogP contribution in [-0.4, -0.2) is 23.1 Å². The molecule has 1 atom stereocenters. The van der Waals surface area contributed by atoms with E-state index in [1.807, 2.05) is 18.2 Å². The van der Waals surface area contributed by atoms with Gasteiger partial charge in [0, 0.05) is 18.7 Å². The number of phenolic OH excluding ortho intramolecular Hbond substituents is 1. The zero-order valence-corrected chi connectivity index (χ0v) is 13.0. The van der Waals surface area contributed by atoms with Crippen molar-refractivity contribution in [3.8, 4) is 5.75 Å². The molecule has 3 heteroatoms. The van der Waals surface area contributed by atoms with Gasteiger partial charge in [0.2, 0.25) is 0 Å². The molecule has 1 fully saturated rings. The Bertz CT molecular complexity index is 425. The molecule has 18 heavy (non-hydrogen) atoms. The summed E-state index contributed by atoms with van der Waals surface area (Å²) in [5.41, 5.74) is 1.40. The van der Waals surface area contributed by atoms with Crippen molar-refractivity contribution in [2.24, 2.45) is 11.3 Å². The first kappa shape index (κ1) is 13.9. The van der Waals surface area contributed by atoms with Gasteiger partial charge in [-0.3, -0.25) is 4.90 Å². The Hall–Kier alpha value is -0.540. The summed E-state index contributed by atoms with van der Waals surface area (Å²) >= 11 is 3.37. The van der Waals surface area contributed by atoms with Crippen LogP contribution in [0.25, 0.3) is 0 Å². The van der Waals surface area contributed by atoms with Crippen molar-refractivity contribution >= 4 is 15.9 Å². The average molecular weight is 312 g/mol. The van der Waals surface area contributed by atoms with E-state index in [0.29, 0.717) is 11.2 Å². The summed E-state index contributed by atoms with van der Waals surface area (Å²) in [6, 6.07) is 5.86. The van der Waals surface area contributed by atoms with Crippen LogP contribution in [0, 0.1) is 11.3 Å². The Morgan fingerprint density at radius 2 is 2.11 bits per heavy atom. The first-order valence-electron chi connectivity index (χ1n) is 6.56. The largest absolute Gasteiger partial charge is 0.506 e. The second-order valence-electron chi connectivity index (χ2n) is 6.33. The van der Waals surface area contributed by atoms with Crippen molar-refractivity contribution < 1.29 is 5.11 Å². The van der Waals surface area contributed by atoms with E-state index >= 15 is 0 Å². The maximum absolute atomic E-state index is 10.0. The third-order valence-corrected chi connectivity index (χ3v) is 4.60. The number of phenols is 1. The summed E-state index contributed by atoms with van der Waals surface area (Å²) in [4.78, 5) is 2.44. The molecule has 0 aromatic heterocycles. The van der Waals surface area contributed by atoms with Crippen LogP contribution < -0.4 is 0 Å². The Morgan fingerprint density at radius 1 is 1.39 bits per heavy atom. The van der Waals surface area contributed by atoms with Gasteiger partial charge in [-0.2, -0.15) is 0 Å². The van der Waals surface area contributed by atoms with Crippen molar-refractivity contribution in [3.63, 3.8) is 0 Å². The summed E-state index contributed by atoms with van der Waals surface area (Å²) in [7, 11) is 0. The second-order valence-corrected chi connectivity index (χ2v) is 7.19. The molecule has 0 saturated carbocycles. The standard InChI is InChI=1S/C15H22BrNO/c1-15(2,3)12-7-8-17(10-12)9-11-5-4-6-13(16)14(11)18/h4-6,12,18H,7-10H2,1-3H3. The number of para-hydroxylation sites is 1. The molecule has 0 amide bonds. The fourth-order valence-electron chi connectivity index (χ4n) is 2.61. The van der Waals surface area contributed by atoms with E-state index in [0.717, 1.165) is 35.6 Å².